The first-order chi connectivity index (χ1) is 28.0. The van der Waals surface area contributed by atoms with Gasteiger partial charge in [0.05, 0.1) is 65.7 Å². The summed E-state index contributed by atoms with van der Waals surface area (Å²) in [5, 5.41) is 18.0. The lowest BCUT2D eigenvalue weighted by Crippen LogP contribution is -2.52. The number of carbonyl (C=O) groups is 3. The van der Waals surface area contributed by atoms with Crippen LogP contribution in [0.5, 0.6) is 11.5 Å². The molecule has 0 aliphatic carbocycles. The molecule has 2 saturated heterocycles. The van der Waals surface area contributed by atoms with Gasteiger partial charge in [-0.05, 0) is 90.5 Å². The zero-order valence-electron chi connectivity index (χ0n) is 34.0. The van der Waals surface area contributed by atoms with Crippen LogP contribution in [0.4, 0.5) is 11.4 Å². The molecule has 1 spiro atoms. The predicted molar refractivity (Wildman–Crippen MR) is 226 cm³/mol. The van der Waals surface area contributed by atoms with Gasteiger partial charge in [-0.25, -0.2) is 0 Å². The summed E-state index contributed by atoms with van der Waals surface area (Å²) in [5.74, 6) is 0.673. The number of aliphatic hydroxyl groups excluding tert-OH is 1. The number of anilines is 2. The minimum Gasteiger partial charge on any atom is -0.497 e. The number of rotatable bonds is 11. The van der Waals surface area contributed by atoms with Crippen LogP contribution < -0.4 is 30.2 Å². The number of benzene rings is 4. The third kappa shape index (κ3) is 6.99. The Balaban J connectivity index is 1.16. The fourth-order valence-electron chi connectivity index (χ4n) is 10.2. The lowest BCUT2D eigenvalue weighted by Gasteiger charge is -2.39. The number of nitrogens with zero attached hydrogens (tertiary/aromatic N) is 2. The molecule has 4 aliphatic rings. The molecule has 0 bridgehead atoms. The zero-order valence-corrected chi connectivity index (χ0v) is 35.0. The highest BCUT2D eigenvalue weighted by molar-refractivity contribution is 6.91. The summed E-state index contributed by atoms with van der Waals surface area (Å²) in [6.07, 6.45) is 1.80. The summed E-state index contributed by atoms with van der Waals surface area (Å²) in [6.45, 7) is 8.04. The van der Waals surface area contributed by atoms with Gasteiger partial charge in [0.2, 0.25) is 11.8 Å². The molecule has 304 valence electrons. The molecule has 0 saturated carbocycles. The number of aliphatic hydroxyl groups is 1. The summed E-state index contributed by atoms with van der Waals surface area (Å²) in [4.78, 5) is 46.7. The van der Waals surface area contributed by atoms with Gasteiger partial charge in [0.1, 0.15) is 11.5 Å². The van der Waals surface area contributed by atoms with Gasteiger partial charge in [-0.15, -0.1) is 0 Å². The number of nitrogens with one attached hydrogen (secondary N) is 2. The highest BCUT2D eigenvalue weighted by atomic mass is 28.3. The van der Waals surface area contributed by atoms with E-state index >= 15 is 4.79 Å². The van der Waals surface area contributed by atoms with Crippen LogP contribution in [0.2, 0.25) is 18.6 Å². The Labute approximate surface area is 341 Å². The maximum atomic E-state index is 15.5. The Bertz CT molecular complexity index is 2190. The van der Waals surface area contributed by atoms with Crippen molar-refractivity contribution >= 4 is 42.4 Å². The van der Waals surface area contributed by atoms with E-state index in [2.05, 4.69) is 48.9 Å². The molecular formula is C46H54N4O7Si. The van der Waals surface area contributed by atoms with E-state index in [1.807, 2.05) is 72.8 Å². The Kier molecular flexibility index (Phi) is 11.0. The van der Waals surface area contributed by atoms with Gasteiger partial charge in [0, 0.05) is 23.7 Å². The first-order valence-electron chi connectivity index (χ1n) is 20.4. The van der Waals surface area contributed by atoms with Crippen molar-refractivity contribution in [2.24, 2.45) is 5.92 Å². The smallest absolute Gasteiger partial charge is 0.264 e. The van der Waals surface area contributed by atoms with Crippen molar-refractivity contribution in [2.45, 2.75) is 88.1 Å². The molecule has 4 aromatic rings. The molecule has 4 aromatic carbocycles. The molecule has 0 unspecified atom stereocenters. The highest BCUT2D eigenvalue weighted by Gasteiger charge is 2.66. The van der Waals surface area contributed by atoms with Crippen LogP contribution in [0.15, 0.2) is 91.0 Å². The fraction of sp³-hybridized carbons (Fsp3) is 0.413. The summed E-state index contributed by atoms with van der Waals surface area (Å²) in [5.41, 5.74) is 3.62. The average Bonchev–Trinajstić information content (AvgIpc) is 3.94. The third-order valence-electron chi connectivity index (χ3n) is 13.2. The average molecular weight is 803 g/mol. The summed E-state index contributed by atoms with van der Waals surface area (Å²) < 4.78 is 18.6. The molecule has 3 N–H and O–H groups in total. The Hall–Kier alpha value is -5.01. The van der Waals surface area contributed by atoms with Crippen LogP contribution in [-0.4, -0.2) is 81.4 Å². The lowest BCUT2D eigenvalue weighted by atomic mass is 9.82. The van der Waals surface area contributed by atoms with Crippen LogP contribution in [0.3, 0.4) is 0 Å². The second kappa shape index (κ2) is 16.0. The van der Waals surface area contributed by atoms with Gasteiger partial charge >= 0.3 is 0 Å². The van der Waals surface area contributed by atoms with E-state index in [-0.39, 0.29) is 60.8 Å². The molecule has 8 rings (SSSR count). The molecule has 6 atom stereocenters. The number of fused-ring (bicyclic) bond motifs is 3. The van der Waals surface area contributed by atoms with E-state index in [0.29, 0.717) is 24.4 Å². The predicted octanol–water partition coefficient (Wildman–Crippen LogP) is 5.49. The molecule has 0 aromatic heterocycles. The third-order valence-corrected chi connectivity index (χ3v) is 17.6. The topological polar surface area (TPSA) is 130 Å². The van der Waals surface area contributed by atoms with Crippen molar-refractivity contribution in [2.75, 3.05) is 37.6 Å². The van der Waals surface area contributed by atoms with Crippen molar-refractivity contribution in [3.05, 3.63) is 113 Å². The monoisotopic (exact) mass is 802 g/mol. The number of carbonyl (C=O) groups excluding carboxylic acids is 3. The molecular weight excluding hydrogens is 749 g/mol. The summed E-state index contributed by atoms with van der Waals surface area (Å²) >= 11 is 0. The molecule has 0 radical (unpaired) electrons. The fourth-order valence-corrected chi connectivity index (χ4v) is 14.2. The molecule has 4 heterocycles. The molecule has 12 heteroatoms. The first kappa shape index (κ1) is 39.8. The number of methoxy groups -OCH3 is 2. The Morgan fingerprint density at radius 1 is 0.966 bits per heavy atom. The zero-order chi connectivity index (χ0) is 40.8. The van der Waals surface area contributed by atoms with Crippen LogP contribution in [-0.2, 0) is 44.2 Å². The van der Waals surface area contributed by atoms with Crippen molar-refractivity contribution in [1.29, 1.82) is 0 Å². The maximum Gasteiger partial charge on any atom is 0.264 e. The Morgan fingerprint density at radius 3 is 2.41 bits per heavy atom. The summed E-state index contributed by atoms with van der Waals surface area (Å²) in [6, 6.07) is 29.0. The van der Waals surface area contributed by atoms with E-state index in [4.69, 9.17) is 14.2 Å². The van der Waals surface area contributed by atoms with Crippen molar-refractivity contribution < 1.29 is 33.7 Å². The number of hydrogen-bond acceptors (Lipinski definition) is 8. The van der Waals surface area contributed by atoms with E-state index < -0.39 is 19.8 Å². The molecule has 2 fully saturated rings. The van der Waals surface area contributed by atoms with Gasteiger partial charge < -0.3 is 39.8 Å². The van der Waals surface area contributed by atoms with E-state index in [1.54, 1.807) is 24.0 Å². The largest absolute Gasteiger partial charge is 0.497 e. The van der Waals surface area contributed by atoms with Crippen molar-refractivity contribution in [1.82, 2.24) is 10.2 Å². The maximum absolute atomic E-state index is 15.5. The van der Waals surface area contributed by atoms with Crippen LogP contribution in [0.25, 0.3) is 0 Å². The van der Waals surface area contributed by atoms with Crippen molar-refractivity contribution in [3.8, 4) is 11.5 Å². The quantitative estimate of drug-likeness (QED) is 0.170. The Morgan fingerprint density at radius 2 is 1.71 bits per heavy atom. The minimum absolute atomic E-state index is 0.0617. The number of amides is 3. The van der Waals surface area contributed by atoms with Crippen molar-refractivity contribution in [3.63, 3.8) is 0 Å². The number of hydrogen-bond donors (Lipinski definition) is 3. The standard InChI is InChI=1S/C46H54N4O7Si/c1-29-43(58(4,5)37-18-15-35(55-2)16-19-37)41(25-42(52)49-27-32-12-7-6-11-31(32)23-34(49)28-51)57-46(29)38-24-36(56-3)17-20-40(38)50(45(46)54)26-30-10-8-13-33(22-30)48-44(53)39-14-9-21-47-39/h6-8,10-13,15-20,22,24,29,34,39,41,43,47,51H,9,14,21,23,25-28H2,1-5H3,(H,48,53)/t29-,34-,39+,41+,43-,46+/m0/s1. The molecule has 4 aliphatic heterocycles. The van der Waals surface area contributed by atoms with E-state index in [9.17, 15) is 14.7 Å². The van der Waals surface area contributed by atoms with Crippen LogP contribution >= 0.6 is 0 Å². The van der Waals surface area contributed by atoms with E-state index in [0.717, 1.165) is 53.1 Å². The van der Waals surface area contributed by atoms with Gasteiger partial charge in [-0.1, -0.05) is 73.7 Å². The van der Waals surface area contributed by atoms with Gasteiger partial charge in [-0.2, -0.15) is 0 Å². The van der Waals surface area contributed by atoms with E-state index in [1.165, 1.54) is 5.19 Å². The highest BCUT2D eigenvalue weighted by Crippen LogP contribution is 2.60. The lowest BCUT2D eigenvalue weighted by molar-refractivity contribution is -0.151. The second-order valence-corrected chi connectivity index (χ2v) is 21.5. The summed E-state index contributed by atoms with van der Waals surface area (Å²) in [7, 11) is 0.710. The molecule has 58 heavy (non-hydrogen) atoms. The minimum atomic E-state index is -2.55. The second-order valence-electron chi connectivity index (χ2n) is 16.8. The normalized spacial score (nSPS) is 25.1. The molecule has 3 amide bonds. The SMILES string of the molecule is COc1ccc([Si](C)(C)[C@@H]2[C@@H](CC(=O)N3Cc4ccccc4C[C@H]3CO)O[C@]3(C(=O)N(Cc4cccc(NC(=O)[C@H]5CCCN5)c4)c4ccc(OC)cc43)[C@H]2C)cc1. The van der Waals surface area contributed by atoms with Gasteiger partial charge in [-0.3, -0.25) is 14.4 Å². The van der Waals surface area contributed by atoms with Crippen LogP contribution in [0, 0.1) is 5.92 Å². The first-order valence-corrected chi connectivity index (χ1v) is 23.5. The van der Waals surface area contributed by atoms with Gasteiger partial charge in [0.15, 0.2) is 5.60 Å². The molecule has 11 nitrogen and oxygen atoms in total. The number of ether oxygens (including phenoxy) is 3. The van der Waals surface area contributed by atoms with Gasteiger partial charge in [0.25, 0.3) is 5.91 Å². The van der Waals surface area contributed by atoms with Crippen LogP contribution in [0.1, 0.15) is 48.4 Å².